The quantitative estimate of drug-likeness (QED) is 0.520. The Hall–Kier alpha value is -3.12. The number of amides is 2. The molecule has 152 valence electrons. The molecule has 0 bridgehead atoms. The fraction of sp³-hybridized carbons (Fsp3) is 0.304. The standard InChI is InChI=1S/C23H26N2O4/c1-4-29-15-7-14-25-22(26)20(17-10-12-18(28-3)13-11-17)21(23(25)27)24-19-9-6-5-8-16(19)2/h5-6,8-13,24H,4,7,14-15H2,1-3H3. The molecule has 1 aliphatic heterocycles. The molecule has 0 saturated heterocycles. The highest BCUT2D eigenvalue weighted by Crippen LogP contribution is 2.32. The minimum Gasteiger partial charge on any atom is -0.497 e. The maximum absolute atomic E-state index is 13.2. The highest BCUT2D eigenvalue weighted by molar-refractivity contribution is 6.36. The summed E-state index contributed by atoms with van der Waals surface area (Å²) in [7, 11) is 1.59. The summed E-state index contributed by atoms with van der Waals surface area (Å²) in [6, 6.07) is 14.8. The summed E-state index contributed by atoms with van der Waals surface area (Å²) in [4.78, 5) is 27.6. The van der Waals surface area contributed by atoms with Gasteiger partial charge in [-0.15, -0.1) is 0 Å². The van der Waals surface area contributed by atoms with Gasteiger partial charge in [-0.25, -0.2) is 0 Å². The van der Waals surface area contributed by atoms with E-state index in [1.54, 1.807) is 31.4 Å². The summed E-state index contributed by atoms with van der Waals surface area (Å²) in [5.74, 6) is 0.0708. The first kappa shape index (κ1) is 20.6. The smallest absolute Gasteiger partial charge is 0.278 e. The second-order valence-electron chi connectivity index (χ2n) is 6.73. The van der Waals surface area contributed by atoms with E-state index in [-0.39, 0.29) is 11.8 Å². The van der Waals surface area contributed by atoms with Gasteiger partial charge in [-0.2, -0.15) is 0 Å². The average Bonchev–Trinajstić information content (AvgIpc) is 2.97. The second kappa shape index (κ2) is 9.39. The van der Waals surface area contributed by atoms with Crippen molar-refractivity contribution in [1.82, 2.24) is 4.90 Å². The van der Waals surface area contributed by atoms with E-state index in [0.29, 0.717) is 48.8 Å². The summed E-state index contributed by atoms with van der Waals surface area (Å²) >= 11 is 0. The summed E-state index contributed by atoms with van der Waals surface area (Å²) in [5, 5.41) is 3.20. The van der Waals surface area contributed by atoms with Gasteiger partial charge >= 0.3 is 0 Å². The molecule has 1 N–H and O–H groups in total. The van der Waals surface area contributed by atoms with E-state index in [0.717, 1.165) is 11.3 Å². The van der Waals surface area contributed by atoms with Crippen LogP contribution in [0.3, 0.4) is 0 Å². The van der Waals surface area contributed by atoms with Crippen LogP contribution in [0.25, 0.3) is 5.57 Å². The lowest BCUT2D eigenvalue weighted by molar-refractivity contribution is -0.137. The fourth-order valence-corrected chi connectivity index (χ4v) is 3.24. The van der Waals surface area contributed by atoms with Crippen molar-refractivity contribution in [3.05, 3.63) is 65.4 Å². The van der Waals surface area contributed by atoms with Crippen molar-refractivity contribution in [3.8, 4) is 5.75 Å². The molecule has 0 aliphatic carbocycles. The number of imide groups is 1. The van der Waals surface area contributed by atoms with Gasteiger partial charge in [0.05, 0.1) is 12.7 Å². The third kappa shape index (κ3) is 4.49. The highest BCUT2D eigenvalue weighted by Gasteiger charge is 2.39. The van der Waals surface area contributed by atoms with E-state index in [4.69, 9.17) is 9.47 Å². The van der Waals surface area contributed by atoms with Gasteiger partial charge in [-0.1, -0.05) is 30.3 Å². The van der Waals surface area contributed by atoms with E-state index in [1.165, 1.54) is 4.90 Å². The van der Waals surface area contributed by atoms with Crippen LogP contribution in [-0.4, -0.2) is 43.6 Å². The van der Waals surface area contributed by atoms with E-state index in [9.17, 15) is 9.59 Å². The molecule has 1 heterocycles. The van der Waals surface area contributed by atoms with Crippen LogP contribution in [0.2, 0.25) is 0 Å². The van der Waals surface area contributed by atoms with Gasteiger partial charge in [0.25, 0.3) is 11.8 Å². The molecular weight excluding hydrogens is 368 g/mol. The van der Waals surface area contributed by atoms with E-state index in [1.807, 2.05) is 38.1 Å². The SMILES string of the molecule is CCOCCCN1C(=O)C(Nc2ccccc2C)=C(c2ccc(OC)cc2)C1=O. The van der Waals surface area contributed by atoms with Crippen LogP contribution in [0, 0.1) is 6.92 Å². The Morgan fingerprint density at radius 1 is 1.00 bits per heavy atom. The zero-order valence-electron chi connectivity index (χ0n) is 17.0. The largest absolute Gasteiger partial charge is 0.497 e. The number of ether oxygens (including phenoxy) is 2. The van der Waals surface area contributed by atoms with Crippen LogP contribution in [0.15, 0.2) is 54.2 Å². The van der Waals surface area contributed by atoms with Gasteiger partial charge in [0.1, 0.15) is 11.4 Å². The maximum Gasteiger partial charge on any atom is 0.278 e. The first-order valence-corrected chi connectivity index (χ1v) is 9.72. The molecule has 3 rings (SSSR count). The predicted molar refractivity (Wildman–Crippen MR) is 113 cm³/mol. The third-order valence-electron chi connectivity index (χ3n) is 4.83. The lowest BCUT2D eigenvalue weighted by atomic mass is 10.0. The van der Waals surface area contributed by atoms with Gasteiger partial charge in [-0.3, -0.25) is 14.5 Å². The van der Waals surface area contributed by atoms with E-state index < -0.39 is 0 Å². The normalized spacial score (nSPS) is 14.0. The molecule has 0 atom stereocenters. The monoisotopic (exact) mass is 394 g/mol. The topological polar surface area (TPSA) is 67.9 Å². The second-order valence-corrected chi connectivity index (χ2v) is 6.73. The number of nitrogens with one attached hydrogen (secondary N) is 1. The molecule has 2 aromatic rings. The van der Waals surface area contributed by atoms with Crippen LogP contribution >= 0.6 is 0 Å². The van der Waals surface area contributed by atoms with Crippen molar-refractivity contribution in [2.24, 2.45) is 0 Å². The van der Waals surface area contributed by atoms with Gasteiger partial charge in [0.2, 0.25) is 0 Å². The number of anilines is 1. The number of carbonyl (C=O) groups excluding carboxylic acids is 2. The van der Waals surface area contributed by atoms with Gasteiger partial charge < -0.3 is 14.8 Å². The van der Waals surface area contributed by atoms with Crippen LogP contribution in [-0.2, 0) is 14.3 Å². The Labute approximate surface area is 171 Å². The molecule has 6 nitrogen and oxygen atoms in total. The number of para-hydroxylation sites is 1. The molecule has 0 radical (unpaired) electrons. The third-order valence-corrected chi connectivity index (χ3v) is 4.83. The first-order valence-electron chi connectivity index (χ1n) is 9.72. The average molecular weight is 394 g/mol. The van der Waals surface area contributed by atoms with Crippen molar-refractivity contribution >= 4 is 23.1 Å². The Balaban J connectivity index is 1.95. The summed E-state index contributed by atoms with van der Waals surface area (Å²) in [5.41, 5.74) is 3.13. The lowest BCUT2D eigenvalue weighted by Gasteiger charge is -2.15. The number of nitrogens with zero attached hydrogens (tertiary/aromatic N) is 1. The Kier molecular flexibility index (Phi) is 6.67. The summed E-state index contributed by atoms with van der Waals surface area (Å²) < 4.78 is 10.6. The zero-order valence-corrected chi connectivity index (χ0v) is 17.0. The van der Waals surface area contributed by atoms with Crippen molar-refractivity contribution in [1.29, 1.82) is 0 Å². The van der Waals surface area contributed by atoms with Crippen LogP contribution in [0.5, 0.6) is 5.75 Å². The number of benzene rings is 2. The number of hydrogen-bond donors (Lipinski definition) is 1. The molecule has 29 heavy (non-hydrogen) atoms. The van der Waals surface area contributed by atoms with Crippen molar-refractivity contribution in [2.75, 3.05) is 32.2 Å². The number of methoxy groups -OCH3 is 1. The van der Waals surface area contributed by atoms with E-state index >= 15 is 0 Å². The molecule has 6 heteroatoms. The summed E-state index contributed by atoms with van der Waals surface area (Å²) in [6.45, 7) is 5.30. The molecule has 1 aliphatic rings. The molecule has 2 aromatic carbocycles. The van der Waals surface area contributed by atoms with Crippen LogP contribution in [0.4, 0.5) is 5.69 Å². The minimum absolute atomic E-state index is 0.297. The van der Waals surface area contributed by atoms with Crippen LogP contribution < -0.4 is 10.1 Å². The molecule has 0 saturated carbocycles. The Morgan fingerprint density at radius 2 is 1.72 bits per heavy atom. The zero-order chi connectivity index (χ0) is 20.8. The van der Waals surface area contributed by atoms with Crippen LogP contribution in [0.1, 0.15) is 24.5 Å². The van der Waals surface area contributed by atoms with Crippen molar-refractivity contribution in [2.45, 2.75) is 20.3 Å². The van der Waals surface area contributed by atoms with E-state index in [2.05, 4.69) is 5.32 Å². The maximum atomic E-state index is 13.2. The predicted octanol–water partition coefficient (Wildman–Crippen LogP) is 3.62. The summed E-state index contributed by atoms with van der Waals surface area (Å²) in [6.07, 6.45) is 0.596. The highest BCUT2D eigenvalue weighted by atomic mass is 16.5. The van der Waals surface area contributed by atoms with Crippen molar-refractivity contribution < 1.29 is 19.1 Å². The number of aryl methyl sites for hydroxylation is 1. The Morgan fingerprint density at radius 3 is 2.38 bits per heavy atom. The molecule has 0 fully saturated rings. The molecule has 0 spiro atoms. The van der Waals surface area contributed by atoms with Crippen molar-refractivity contribution in [3.63, 3.8) is 0 Å². The molecular formula is C23H26N2O4. The fourth-order valence-electron chi connectivity index (χ4n) is 3.24. The van der Waals surface area contributed by atoms with Gasteiger partial charge in [-0.05, 0) is 49.6 Å². The van der Waals surface area contributed by atoms with Gasteiger partial charge in [0.15, 0.2) is 0 Å². The van der Waals surface area contributed by atoms with Gasteiger partial charge in [0, 0.05) is 25.4 Å². The number of hydrogen-bond acceptors (Lipinski definition) is 5. The molecule has 2 amide bonds. The Bertz CT molecular complexity index is 919. The first-order chi connectivity index (χ1) is 14.1. The number of rotatable bonds is 9. The molecule has 0 unspecified atom stereocenters. The molecule has 0 aromatic heterocycles. The lowest BCUT2D eigenvalue weighted by Crippen LogP contribution is -2.34. The number of carbonyl (C=O) groups is 2. The minimum atomic E-state index is -0.319.